The van der Waals surface area contributed by atoms with Crippen molar-refractivity contribution < 1.29 is 0 Å². The van der Waals surface area contributed by atoms with Gasteiger partial charge in [-0.2, -0.15) is 5.10 Å². The zero-order valence-electron chi connectivity index (χ0n) is 9.84. The van der Waals surface area contributed by atoms with Crippen molar-refractivity contribution in [3.63, 3.8) is 0 Å². The van der Waals surface area contributed by atoms with Gasteiger partial charge in [-0.05, 0) is 12.5 Å². The molecule has 0 fully saturated rings. The fourth-order valence-corrected chi connectivity index (χ4v) is 1.60. The molecule has 2 aromatic rings. The Morgan fingerprint density at radius 1 is 1.35 bits per heavy atom. The predicted molar refractivity (Wildman–Crippen MR) is 70.2 cm³/mol. The molecule has 0 amide bonds. The van der Waals surface area contributed by atoms with Crippen LogP contribution in [0.2, 0.25) is 0 Å². The number of rotatable bonds is 5. The molecule has 17 heavy (non-hydrogen) atoms. The molecule has 0 aliphatic heterocycles. The van der Waals surface area contributed by atoms with E-state index < -0.39 is 0 Å². The molecule has 0 spiro atoms. The molecule has 1 heterocycles. The van der Waals surface area contributed by atoms with Crippen LogP contribution in [0.4, 0.5) is 0 Å². The van der Waals surface area contributed by atoms with Crippen LogP contribution < -0.4 is 5.32 Å². The zero-order chi connectivity index (χ0) is 11.2. The topological polar surface area (TPSA) is 42.7 Å². The number of aryl methyl sites for hydroxylation is 1. The summed E-state index contributed by atoms with van der Waals surface area (Å²) >= 11 is 0. The van der Waals surface area contributed by atoms with Crippen molar-refractivity contribution in [2.45, 2.75) is 20.0 Å². The lowest BCUT2D eigenvalue weighted by molar-refractivity contribution is 0.553. The first-order valence-electron chi connectivity index (χ1n) is 5.43. The summed E-state index contributed by atoms with van der Waals surface area (Å²) in [6.07, 6.45) is 3.29. The predicted octanol–water partition coefficient (Wildman–Crippen LogP) is 1.80. The Bertz CT molecular complexity index is 428. The van der Waals surface area contributed by atoms with Crippen molar-refractivity contribution in [3.8, 4) is 0 Å². The van der Waals surface area contributed by atoms with Gasteiger partial charge >= 0.3 is 0 Å². The van der Waals surface area contributed by atoms with Gasteiger partial charge in [-0.1, -0.05) is 29.8 Å². The summed E-state index contributed by atoms with van der Waals surface area (Å²) in [5, 5.41) is 7.42. The van der Waals surface area contributed by atoms with Gasteiger partial charge in [0.05, 0.1) is 6.54 Å². The van der Waals surface area contributed by atoms with Gasteiger partial charge in [0.1, 0.15) is 12.7 Å². The smallest absolute Gasteiger partial charge is 0.137 e. The van der Waals surface area contributed by atoms with E-state index >= 15 is 0 Å². The maximum Gasteiger partial charge on any atom is 0.137 e. The van der Waals surface area contributed by atoms with Crippen molar-refractivity contribution in [1.82, 2.24) is 20.1 Å². The average Bonchev–Trinajstić information content (AvgIpc) is 2.77. The van der Waals surface area contributed by atoms with Crippen molar-refractivity contribution in [3.05, 3.63) is 48.0 Å². The van der Waals surface area contributed by atoms with Crippen LogP contribution in [0.25, 0.3) is 0 Å². The molecule has 0 aliphatic carbocycles. The van der Waals surface area contributed by atoms with Crippen molar-refractivity contribution in [2.24, 2.45) is 0 Å². The van der Waals surface area contributed by atoms with Crippen LogP contribution in [0.15, 0.2) is 36.9 Å². The van der Waals surface area contributed by atoms with Gasteiger partial charge in [0.25, 0.3) is 0 Å². The third kappa shape index (κ3) is 4.54. The normalized spacial score (nSPS) is 9.94. The first kappa shape index (κ1) is 13.7. The van der Waals surface area contributed by atoms with E-state index in [0.29, 0.717) is 0 Å². The molecule has 1 N–H and O–H groups in total. The molecule has 5 heteroatoms. The highest BCUT2D eigenvalue weighted by Gasteiger charge is 1.94. The van der Waals surface area contributed by atoms with E-state index in [0.717, 1.165) is 19.6 Å². The highest BCUT2D eigenvalue weighted by molar-refractivity contribution is 5.85. The summed E-state index contributed by atoms with van der Waals surface area (Å²) in [5.74, 6) is 0. The third-order valence-electron chi connectivity index (χ3n) is 2.40. The number of benzene rings is 1. The Kier molecular flexibility index (Phi) is 5.66. The van der Waals surface area contributed by atoms with Gasteiger partial charge in [-0.25, -0.2) is 4.98 Å². The van der Waals surface area contributed by atoms with Gasteiger partial charge in [0.15, 0.2) is 0 Å². The number of hydrogen-bond donors (Lipinski definition) is 1. The van der Waals surface area contributed by atoms with E-state index in [2.05, 4.69) is 46.6 Å². The number of halogens is 1. The molecule has 92 valence electrons. The molecule has 0 aliphatic rings. The second-order valence-corrected chi connectivity index (χ2v) is 3.82. The molecule has 0 saturated heterocycles. The van der Waals surface area contributed by atoms with Gasteiger partial charge in [0, 0.05) is 13.1 Å². The lowest BCUT2D eigenvalue weighted by Crippen LogP contribution is -2.19. The fourth-order valence-electron chi connectivity index (χ4n) is 1.60. The van der Waals surface area contributed by atoms with E-state index in [-0.39, 0.29) is 12.4 Å². The van der Waals surface area contributed by atoms with Crippen LogP contribution in [-0.4, -0.2) is 21.3 Å². The molecular weight excluding hydrogens is 236 g/mol. The lowest BCUT2D eigenvalue weighted by atomic mass is 10.1. The Morgan fingerprint density at radius 2 is 2.24 bits per heavy atom. The summed E-state index contributed by atoms with van der Waals surface area (Å²) in [6, 6.07) is 8.53. The number of aromatic nitrogens is 3. The molecule has 0 atom stereocenters. The van der Waals surface area contributed by atoms with Gasteiger partial charge in [-0.15, -0.1) is 12.4 Å². The molecule has 0 saturated carbocycles. The van der Waals surface area contributed by atoms with E-state index in [1.807, 2.05) is 4.68 Å². The minimum absolute atomic E-state index is 0. The maximum absolute atomic E-state index is 4.04. The number of nitrogens with zero attached hydrogens (tertiary/aromatic N) is 3. The Labute approximate surface area is 107 Å². The van der Waals surface area contributed by atoms with E-state index in [9.17, 15) is 0 Å². The van der Waals surface area contributed by atoms with Crippen LogP contribution in [-0.2, 0) is 13.1 Å². The standard InChI is InChI=1S/C12H16N4.ClH/c1-11-3-2-4-12(7-11)8-13-5-6-16-10-14-9-15-16;/h2-4,7,9-10,13H,5-6,8H2,1H3;1H. The second-order valence-electron chi connectivity index (χ2n) is 3.82. The van der Waals surface area contributed by atoms with E-state index in [1.165, 1.54) is 11.1 Å². The van der Waals surface area contributed by atoms with Crippen LogP contribution in [0, 0.1) is 6.92 Å². The first-order chi connectivity index (χ1) is 7.84. The average molecular weight is 253 g/mol. The first-order valence-corrected chi connectivity index (χ1v) is 5.43. The van der Waals surface area contributed by atoms with Gasteiger partial charge in [0.2, 0.25) is 0 Å². The van der Waals surface area contributed by atoms with Gasteiger partial charge in [-0.3, -0.25) is 4.68 Å². The van der Waals surface area contributed by atoms with Crippen LogP contribution in [0.1, 0.15) is 11.1 Å². The zero-order valence-corrected chi connectivity index (χ0v) is 10.7. The molecule has 0 unspecified atom stereocenters. The molecule has 0 bridgehead atoms. The number of hydrogen-bond acceptors (Lipinski definition) is 3. The summed E-state index contributed by atoms with van der Waals surface area (Å²) in [4.78, 5) is 3.89. The summed E-state index contributed by atoms with van der Waals surface area (Å²) in [7, 11) is 0. The largest absolute Gasteiger partial charge is 0.311 e. The lowest BCUT2D eigenvalue weighted by Gasteiger charge is -2.05. The van der Waals surface area contributed by atoms with Gasteiger partial charge < -0.3 is 5.32 Å². The SMILES string of the molecule is Cc1cccc(CNCCn2cncn2)c1.Cl. The molecule has 2 rings (SSSR count). The molecular formula is C12H17ClN4. The van der Waals surface area contributed by atoms with Crippen LogP contribution >= 0.6 is 12.4 Å². The Balaban J connectivity index is 0.00000144. The van der Waals surface area contributed by atoms with Crippen molar-refractivity contribution in [2.75, 3.05) is 6.54 Å². The fraction of sp³-hybridized carbons (Fsp3) is 0.333. The Hall–Kier alpha value is -1.39. The second kappa shape index (κ2) is 7.04. The van der Waals surface area contributed by atoms with E-state index in [4.69, 9.17) is 0 Å². The summed E-state index contributed by atoms with van der Waals surface area (Å²) in [6.45, 7) is 4.76. The number of nitrogens with one attached hydrogen (secondary N) is 1. The van der Waals surface area contributed by atoms with Crippen molar-refractivity contribution >= 4 is 12.4 Å². The van der Waals surface area contributed by atoms with Crippen molar-refractivity contribution in [1.29, 1.82) is 0 Å². The minimum Gasteiger partial charge on any atom is -0.311 e. The third-order valence-corrected chi connectivity index (χ3v) is 2.40. The molecule has 1 aromatic carbocycles. The van der Waals surface area contributed by atoms with Crippen LogP contribution in [0.5, 0.6) is 0 Å². The maximum atomic E-state index is 4.04. The monoisotopic (exact) mass is 252 g/mol. The summed E-state index contributed by atoms with van der Waals surface area (Å²) < 4.78 is 1.82. The Morgan fingerprint density at radius 3 is 2.94 bits per heavy atom. The minimum atomic E-state index is 0. The molecule has 4 nitrogen and oxygen atoms in total. The summed E-state index contributed by atoms with van der Waals surface area (Å²) in [5.41, 5.74) is 2.62. The highest BCUT2D eigenvalue weighted by atomic mass is 35.5. The quantitative estimate of drug-likeness (QED) is 0.826. The molecule has 0 radical (unpaired) electrons. The highest BCUT2D eigenvalue weighted by Crippen LogP contribution is 2.02. The van der Waals surface area contributed by atoms with Crippen LogP contribution in [0.3, 0.4) is 0 Å². The van der Waals surface area contributed by atoms with E-state index in [1.54, 1.807) is 12.7 Å². The molecule has 1 aromatic heterocycles.